The summed E-state index contributed by atoms with van der Waals surface area (Å²) >= 11 is 1.78. The third-order valence-electron chi connectivity index (χ3n) is 9.17. The van der Waals surface area contributed by atoms with Crippen LogP contribution in [0.25, 0.3) is 5.00 Å². The van der Waals surface area contributed by atoms with E-state index < -0.39 is 0 Å². The molecule has 8 heteroatoms. The van der Waals surface area contributed by atoms with Gasteiger partial charge in [0.25, 0.3) is 0 Å². The molecule has 210 valence electrons. The normalized spacial score (nSPS) is 19.3. The number of carbonyl (C=O) groups excluding carboxylic acids is 1. The molecular formula is C33H36N6OS. The molecular weight excluding hydrogens is 528 g/mol. The Kier molecular flexibility index (Phi) is 6.53. The number of aromatic nitrogens is 3. The summed E-state index contributed by atoms with van der Waals surface area (Å²) in [6.45, 7) is 11.8. The fourth-order valence-electron chi connectivity index (χ4n) is 6.57. The van der Waals surface area contributed by atoms with Crippen molar-refractivity contribution in [2.24, 2.45) is 10.9 Å². The number of anilines is 1. The van der Waals surface area contributed by atoms with Crippen molar-refractivity contribution in [1.29, 1.82) is 0 Å². The van der Waals surface area contributed by atoms with Gasteiger partial charge in [0.05, 0.1) is 11.6 Å². The molecule has 1 amide bonds. The molecule has 2 aromatic heterocycles. The van der Waals surface area contributed by atoms with Crippen molar-refractivity contribution in [3.63, 3.8) is 0 Å². The van der Waals surface area contributed by atoms with Crippen molar-refractivity contribution in [3.05, 3.63) is 93.4 Å². The van der Waals surface area contributed by atoms with Crippen LogP contribution in [0, 0.1) is 26.7 Å². The monoisotopic (exact) mass is 564 g/mol. The summed E-state index contributed by atoms with van der Waals surface area (Å²) in [7, 11) is 0. The summed E-state index contributed by atoms with van der Waals surface area (Å²) in [5.74, 6) is 2.76. The van der Waals surface area contributed by atoms with Gasteiger partial charge in [-0.3, -0.25) is 14.4 Å². The number of hydrogen-bond acceptors (Lipinski definition) is 6. The van der Waals surface area contributed by atoms with E-state index in [2.05, 4.69) is 99.9 Å². The second-order valence-electron chi connectivity index (χ2n) is 11.7. The average Bonchev–Trinajstić information content (AvgIpc) is 3.46. The molecule has 4 aromatic rings. The number of rotatable bonds is 4. The van der Waals surface area contributed by atoms with Crippen LogP contribution in [0.4, 0.5) is 5.69 Å². The van der Waals surface area contributed by atoms with Crippen LogP contribution in [0.1, 0.15) is 70.5 Å². The Balaban J connectivity index is 1.03. The lowest BCUT2D eigenvalue weighted by Crippen LogP contribution is -2.55. The zero-order chi connectivity index (χ0) is 28.2. The van der Waals surface area contributed by atoms with Crippen LogP contribution in [-0.4, -0.2) is 57.5 Å². The van der Waals surface area contributed by atoms with Gasteiger partial charge in [-0.2, -0.15) is 0 Å². The first-order chi connectivity index (χ1) is 19.9. The third-order valence-corrected chi connectivity index (χ3v) is 10.4. The summed E-state index contributed by atoms with van der Waals surface area (Å²) in [4.78, 5) is 24.1. The molecule has 0 radical (unpaired) electrons. The molecule has 7 rings (SSSR count). The number of thiophene rings is 1. The zero-order valence-corrected chi connectivity index (χ0v) is 25.0. The summed E-state index contributed by atoms with van der Waals surface area (Å²) in [5.41, 5.74) is 7.13. The minimum Gasteiger partial charge on any atom is -0.370 e. The van der Waals surface area contributed by atoms with E-state index in [9.17, 15) is 4.79 Å². The molecule has 0 saturated carbocycles. The van der Waals surface area contributed by atoms with Gasteiger partial charge >= 0.3 is 0 Å². The average molecular weight is 565 g/mol. The smallest absolute Gasteiger partial charge is 0.229 e. The van der Waals surface area contributed by atoms with Crippen LogP contribution < -0.4 is 4.90 Å². The molecule has 2 fully saturated rings. The van der Waals surface area contributed by atoms with Crippen LogP contribution in [0.3, 0.4) is 0 Å². The molecule has 2 saturated heterocycles. The Bertz CT molecular complexity index is 1620. The highest BCUT2D eigenvalue weighted by Gasteiger charge is 2.37. The fraction of sp³-hybridized carbons (Fsp3) is 0.394. The van der Waals surface area contributed by atoms with Gasteiger partial charge in [0.15, 0.2) is 5.82 Å². The van der Waals surface area contributed by atoms with Crippen molar-refractivity contribution < 1.29 is 4.79 Å². The van der Waals surface area contributed by atoms with Gasteiger partial charge in [0, 0.05) is 47.9 Å². The molecule has 0 unspecified atom stereocenters. The number of fused-ring (bicyclic) bond motifs is 3. The van der Waals surface area contributed by atoms with Crippen molar-refractivity contribution in [3.8, 4) is 5.00 Å². The Labute approximate surface area is 245 Å². The van der Waals surface area contributed by atoms with E-state index in [-0.39, 0.29) is 12.0 Å². The molecule has 7 nitrogen and oxygen atoms in total. The van der Waals surface area contributed by atoms with Crippen LogP contribution in [0.5, 0.6) is 0 Å². The van der Waals surface area contributed by atoms with E-state index in [0.717, 1.165) is 72.6 Å². The fourth-order valence-corrected chi connectivity index (χ4v) is 7.79. The van der Waals surface area contributed by atoms with E-state index in [1.807, 2.05) is 6.92 Å². The number of likely N-dealkylation sites (tertiary alicyclic amines) is 1. The highest BCUT2D eigenvalue weighted by atomic mass is 32.1. The van der Waals surface area contributed by atoms with Crippen LogP contribution in [0.15, 0.2) is 59.6 Å². The van der Waals surface area contributed by atoms with E-state index in [1.54, 1.807) is 11.3 Å². The maximum absolute atomic E-state index is 13.2. The first kappa shape index (κ1) is 26.1. The Morgan fingerprint density at radius 3 is 2.34 bits per heavy atom. The Hall–Kier alpha value is -3.78. The minimum absolute atomic E-state index is 0.0909. The lowest BCUT2D eigenvalue weighted by Gasteiger charge is -2.43. The van der Waals surface area contributed by atoms with Crippen molar-refractivity contribution in [2.45, 2.75) is 52.5 Å². The molecule has 2 aromatic carbocycles. The highest BCUT2D eigenvalue weighted by molar-refractivity contribution is 7.15. The summed E-state index contributed by atoms with van der Waals surface area (Å²) in [6.07, 6.45) is 2.11. The largest absolute Gasteiger partial charge is 0.370 e. The molecule has 3 aliphatic heterocycles. The van der Waals surface area contributed by atoms with Gasteiger partial charge in [-0.25, -0.2) is 0 Å². The maximum Gasteiger partial charge on any atom is 0.229 e. The molecule has 41 heavy (non-hydrogen) atoms. The van der Waals surface area contributed by atoms with Gasteiger partial charge in [-0.05, 0) is 69.7 Å². The number of aryl methyl sites for hydroxylation is 2. The lowest BCUT2D eigenvalue weighted by molar-refractivity contribution is -0.137. The molecule has 0 bridgehead atoms. The van der Waals surface area contributed by atoms with Crippen LogP contribution in [-0.2, 0) is 4.79 Å². The summed E-state index contributed by atoms with van der Waals surface area (Å²) in [5, 5.41) is 9.98. The molecule has 0 aliphatic carbocycles. The van der Waals surface area contributed by atoms with Crippen molar-refractivity contribution >= 4 is 28.6 Å². The first-order valence-corrected chi connectivity index (χ1v) is 15.5. The van der Waals surface area contributed by atoms with Gasteiger partial charge in [0.1, 0.15) is 16.9 Å². The van der Waals surface area contributed by atoms with Crippen molar-refractivity contribution in [2.75, 3.05) is 31.1 Å². The van der Waals surface area contributed by atoms with E-state index in [0.29, 0.717) is 11.8 Å². The summed E-state index contributed by atoms with van der Waals surface area (Å²) in [6, 6.07) is 19.4. The van der Waals surface area contributed by atoms with Crippen LogP contribution >= 0.6 is 11.3 Å². The van der Waals surface area contributed by atoms with Gasteiger partial charge < -0.3 is 9.80 Å². The zero-order valence-electron chi connectivity index (χ0n) is 24.2. The van der Waals surface area contributed by atoms with E-state index >= 15 is 0 Å². The number of carbonyl (C=O) groups is 1. The molecule has 0 spiro atoms. The molecule has 3 aliphatic rings. The number of piperidine rings is 1. The number of benzene rings is 2. The summed E-state index contributed by atoms with van der Waals surface area (Å²) < 4.78 is 2.18. The SMILES string of the molecule is Cc1sc2c(c1C)C(c1ccc(N3CC(C(=O)N4CCC(c5ccccc5)CC4)C3)cc1)=N[C@@H](C)c1nnc(C)n1-2. The molecule has 1 atom stereocenters. The topological polar surface area (TPSA) is 66.6 Å². The van der Waals surface area contributed by atoms with Crippen LogP contribution in [0.2, 0.25) is 0 Å². The van der Waals surface area contributed by atoms with E-state index in [1.165, 1.54) is 21.6 Å². The quantitative estimate of drug-likeness (QED) is 0.305. The number of nitrogens with zero attached hydrogens (tertiary/aromatic N) is 6. The molecule has 5 heterocycles. The van der Waals surface area contributed by atoms with E-state index in [4.69, 9.17) is 4.99 Å². The highest BCUT2D eigenvalue weighted by Crippen LogP contribution is 2.39. The van der Waals surface area contributed by atoms with Crippen molar-refractivity contribution in [1.82, 2.24) is 19.7 Å². The predicted molar refractivity (Wildman–Crippen MR) is 165 cm³/mol. The number of hydrogen-bond donors (Lipinski definition) is 0. The Morgan fingerprint density at radius 1 is 0.927 bits per heavy atom. The minimum atomic E-state index is -0.0925. The lowest BCUT2D eigenvalue weighted by atomic mass is 9.88. The van der Waals surface area contributed by atoms with Gasteiger partial charge in [-0.1, -0.05) is 42.5 Å². The third kappa shape index (κ3) is 4.49. The van der Waals surface area contributed by atoms with Gasteiger partial charge in [-0.15, -0.1) is 21.5 Å². The Morgan fingerprint density at radius 2 is 1.63 bits per heavy atom. The number of amides is 1. The second-order valence-corrected chi connectivity index (χ2v) is 12.9. The first-order valence-electron chi connectivity index (χ1n) is 14.7. The second kappa shape index (κ2) is 10.2. The predicted octanol–water partition coefficient (Wildman–Crippen LogP) is 6.01. The standard InChI is InChI=1S/C33H36N6OS/c1-20-22(3)41-33-29(20)30(34-21(2)31-36-35-23(4)39(31)33)26-10-12-28(13-11-26)38-18-27(19-38)32(40)37-16-14-25(15-17-37)24-8-6-5-7-9-24/h5-13,21,25,27H,14-19H2,1-4H3/t21-/m0/s1. The number of aliphatic imine (C=N–C) groups is 1. The molecule has 0 N–H and O–H groups in total. The maximum atomic E-state index is 13.2. The van der Waals surface area contributed by atoms with Gasteiger partial charge in [0.2, 0.25) is 5.91 Å².